The summed E-state index contributed by atoms with van der Waals surface area (Å²) in [6.07, 6.45) is 1.75. The van der Waals surface area contributed by atoms with Gasteiger partial charge in [-0.3, -0.25) is 14.4 Å². The van der Waals surface area contributed by atoms with E-state index in [9.17, 15) is 19.2 Å². The number of Topliss-reactive ketones (excluding diaryl/α,β-unsaturated/α-hetero) is 1. The highest BCUT2D eigenvalue weighted by atomic mass is 35.5. The van der Waals surface area contributed by atoms with Crippen LogP contribution in [0.1, 0.15) is 58.6 Å². The minimum Gasteiger partial charge on any atom is -0.444 e. The van der Waals surface area contributed by atoms with Crippen molar-refractivity contribution in [2.75, 3.05) is 6.54 Å². The Morgan fingerprint density at radius 1 is 1.12 bits per heavy atom. The van der Waals surface area contributed by atoms with Gasteiger partial charge in [0.2, 0.25) is 11.8 Å². The average molecular weight is 593 g/mol. The lowest BCUT2D eigenvalue weighted by molar-refractivity contribution is -0.142. The van der Waals surface area contributed by atoms with Crippen LogP contribution in [0.3, 0.4) is 0 Å². The lowest BCUT2D eigenvalue weighted by Crippen LogP contribution is -2.59. The number of likely N-dealkylation sites (tertiary alicyclic amines) is 1. The Morgan fingerprint density at radius 3 is 2.25 bits per heavy atom. The van der Waals surface area contributed by atoms with Crippen LogP contribution in [-0.2, 0) is 32.0 Å². The summed E-state index contributed by atoms with van der Waals surface area (Å²) < 4.78 is 4.37. The van der Waals surface area contributed by atoms with Gasteiger partial charge < -0.3 is 20.3 Å². The van der Waals surface area contributed by atoms with Crippen molar-refractivity contribution in [3.05, 3.63) is 47.5 Å². The molecule has 1 heterocycles. The Labute approximate surface area is 246 Å². The van der Waals surface area contributed by atoms with E-state index in [4.69, 9.17) is 27.9 Å². The van der Waals surface area contributed by atoms with Crippen LogP contribution in [0.4, 0.5) is 4.79 Å². The monoisotopic (exact) mass is 591 g/mol. The molecule has 1 aromatic rings. The molecule has 10 heteroatoms. The van der Waals surface area contributed by atoms with Crippen LogP contribution < -0.4 is 10.6 Å². The fourth-order valence-electron chi connectivity index (χ4n) is 6.08. The highest BCUT2D eigenvalue weighted by Gasteiger charge is 2.74. The van der Waals surface area contributed by atoms with E-state index in [0.29, 0.717) is 24.8 Å². The van der Waals surface area contributed by atoms with Gasteiger partial charge in [0.05, 0.1) is 6.04 Å². The molecule has 218 valence electrons. The number of carbonyl (C=O) groups is 4. The van der Waals surface area contributed by atoms with E-state index in [2.05, 4.69) is 17.2 Å². The number of nitrogens with one attached hydrogen (secondary N) is 2. The number of rotatable bonds is 9. The minimum atomic E-state index is -1.13. The largest absolute Gasteiger partial charge is 0.444 e. The van der Waals surface area contributed by atoms with E-state index < -0.39 is 46.0 Å². The van der Waals surface area contributed by atoms with E-state index >= 15 is 0 Å². The van der Waals surface area contributed by atoms with Gasteiger partial charge in [0, 0.05) is 24.0 Å². The van der Waals surface area contributed by atoms with Crippen molar-refractivity contribution < 1.29 is 23.9 Å². The standard InChI is InChI=1S/C30H39Cl2N3O5/c1-7-10-22(16(2)17(3)36)33-26(37)25-23-21(30(23,31)32)15-35(25)27(38)24(34-28(39)40-29(4,5)6)20-13-18-11-8-9-12-19(18)14-20/h8-9,11-12,20-25H,2,7,10,13-15H2,1,3-6H3,(H,33,37)(H,34,39)/t21-,22?,23-,24-,25-/m0/s1. The Morgan fingerprint density at radius 2 is 1.73 bits per heavy atom. The van der Waals surface area contributed by atoms with Gasteiger partial charge >= 0.3 is 6.09 Å². The first-order valence-electron chi connectivity index (χ1n) is 13.9. The first-order chi connectivity index (χ1) is 18.7. The maximum atomic E-state index is 14.2. The van der Waals surface area contributed by atoms with Gasteiger partial charge in [0.15, 0.2) is 5.78 Å². The number of amides is 3. The summed E-state index contributed by atoms with van der Waals surface area (Å²) in [5.74, 6) is -1.99. The Kier molecular flexibility index (Phi) is 8.63. The number of alkyl halides is 2. The number of ether oxygens (including phenoxy) is 1. The quantitative estimate of drug-likeness (QED) is 0.328. The lowest BCUT2D eigenvalue weighted by Gasteiger charge is -2.35. The molecule has 1 saturated heterocycles. The number of hydrogen-bond acceptors (Lipinski definition) is 5. The highest BCUT2D eigenvalue weighted by molar-refractivity contribution is 6.51. The molecule has 2 aliphatic carbocycles. The van der Waals surface area contributed by atoms with Crippen molar-refractivity contribution in [2.24, 2.45) is 17.8 Å². The van der Waals surface area contributed by atoms with Gasteiger partial charge in [-0.15, -0.1) is 23.2 Å². The third-order valence-corrected chi connectivity index (χ3v) is 9.21. The number of ketones is 1. The van der Waals surface area contributed by atoms with Crippen molar-refractivity contribution in [3.8, 4) is 0 Å². The zero-order valence-corrected chi connectivity index (χ0v) is 25.3. The van der Waals surface area contributed by atoms with Crippen molar-refractivity contribution in [2.45, 2.75) is 88.4 Å². The molecule has 0 radical (unpaired) electrons. The third-order valence-electron chi connectivity index (χ3n) is 8.14. The zero-order chi connectivity index (χ0) is 29.6. The minimum absolute atomic E-state index is 0.187. The molecule has 3 aliphatic rings. The van der Waals surface area contributed by atoms with Gasteiger partial charge in [-0.2, -0.15) is 0 Å². The first kappa shape index (κ1) is 30.4. The first-order valence-corrected chi connectivity index (χ1v) is 14.7. The Bertz CT molecular complexity index is 1180. The lowest BCUT2D eigenvalue weighted by atomic mass is 9.94. The van der Waals surface area contributed by atoms with Gasteiger partial charge in [0.1, 0.15) is 22.0 Å². The maximum absolute atomic E-state index is 14.2. The predicted molar refractivity (Wildman–Crippen MR) is 154 cm³/mol. The number of piperidine rings is 1. The highest BCUT2D eigenvalue weighted by Crippen LogP contribution is 2.65. The van der Waals surface area contributed by atoms with Crippen LogP contribution in [0.5, 0.6) is 0 Å². The molecule has 3 amide bonds. The second-order valence-corrected chi connectivity index (χ2v) is 13.7. The smallest absolute Gasteiger partial charge is 0.408 e. The van der Waals surface area contributed by atoms with Crippen LogP contribution in [-0.4, -0.2) is 63.2 Å². The van der Waals surface area contributed by atoms with Crippen molar-refractivity contribution in [3.63, 3.8) is 0 Å². The van der Waals surface area contributed by atoms with E-state index in [1.807, 2.05) is 31.2 Å². The average Bonchev–Trinajstić information content (AvgIpc) is 3.24. The predicted octanol–water partition coefficient (Wildman–Crippen LogP) is 4.36. The molecule has 8 nitrogen and oxygen atoms in total. The molecule has 1 unspecified atom stereocenters. The fraction of sp³-hybridized carbons (Fsp3) is 0.600. The molecule has 0 bridgehead atoms. The molecule has 4 rings (SSSR count). The van der Waals surface area contributed by atoms with Gasteiger partial charge in [-0.1, -0.05) is 44.2 Å². The number of hydrogen-bond donors (Lipinski definition) is 2. The normalized spacial score (nSPS) is 24.4. The summed E-state index contributed by atoms with van der Waals surface area (Å²) >= 11 is 13.1. The van der Waals surface area contributed by atoms with Crippen LogP contribution in [0.2, 0.25) is 0 Å². The Hall–Kier alpha value is -2.58. The molecule has 0 aromatic heterocycles. The number of fused-ring (bicyclic) bond motifs is 2. The summed E-state index contributed by atoms with van der Waals surface area (Å²) in [5.41, 5.74) is 1.80. The van der Waals surface area contributed by atoms with E-state index in [1.165, 1.54) is 11.8 Å². The SMILES string of the molecule is C=C(C(C)=O)C(CCC)NC(=O)[C@@H]1[C@@H]2[C@H](CN1C(=O)[C@@H](NC(=O)OC(C)(C)C)C1Cc3ccccc3C1)C2(Cl)Cl. The second kappa shape index (κ2) is 11.4. The molecule has 2 N–H and O–H groups in total. The zero-order valence-electron chi connectivity index (χ0n) is 23.8. The van der Waals surface area contributed by atoms with Gasteiger partial charge in [-0.05, 0) is 64.0 Å². The summed E-state index contributed by atoms with van der Waals surface area (Å²) in [7, 11) is 0. The summed E-state index contributed by atoms with van der Waals surface area (Å²) in [5, 5.41) is 5.75. The number of alkyl carbamates (subject to hydrolysis) is 1. The van der Waals surface area contributed by atoms with Crippen molar-refractivity contribution in [1.82, 2.24) is 15.5 Å². The van der Waals surface area contributed by atoms with E-state index in [1.54, 1.807) is 20.8 Å². The van der Waals surface area contributed by atoms with Crippen molar-refractivity contribution in [1.29, 1.82) is 0 Å². The maximum Gasteiger partial charge on any atom is 0.408 e. The number of carbonyl (C=O) groups excluding carboxylic acids is 4. The molecule has 5 atom stereocenters. The fourth-order valence-corrected chi connectivity index (χ4v) is 6.91. The molecule has 1 aromatic carbocycles. The third kappa shape index (κ3) is 6.18. The topological polar surface area (TPSA) is 105 Å². The number of nitrogens with zero attached hydrogens (tertiary/aromatic N) is 1. The van der Waals surface area contributed by atoms with Crippen LogP contribution >= 0.6 is 23.2 Å². The van der Waals surface area contributed by atoms with Crippen molar-refractivity contribution >= 4 is 46.9 Å². The molecular formula is C30H39Cl2N3O5. The number of halogens is 2. The molecule has 0 spiro atoms. The molecule has 1 saturated carbocycles. The molecule has 2 fully saturated rings. The van der Waals surface area contributed by atoms with Crippen LogP contribution in [0.25, 0.3) is 0 Å². The van der Waals surface area contributed by atoms with Gasteiger partial charge in [0.25, 0.3) is 0 Å². The van der Waals surface area contributed by atoms with Crippen LogP contribution in [0, 0.1) is 17.8 Å². The Balaban J connectivity index is 1.60. The van der Waals surface area contributed by atoms with E-state index in [-0.39, 0.29) is 30.1 Å². The van der Waals surface area contributed by atoms with Gasteiger partial charge in [-0.25, -0.2) is 4.79 Å². The van der Waals surface area contributed by atoms with E-state index in [0.717, 1.165) is 17.5 Å². The molecular weight excluding hydrogens is 553 g/mol. The van der Waals surface area contributed by atoms with Crippen LogP contribution in [0.15, 0.2) is 36.4 Å². The number of benzene rings is 1. The summed E-state index contributed by atoms with van der Waals surface area (Å²) in [4.78, 5) is 54.4. The molecule has 1 aliphatic heterocycles. The second-order valence-electron chi connectivity index (χ2n) is 12.2. The molecule has 40 heavy (non-hydrogen) atoms. The summed E-state index contributed by atoms with van der Waals surface area (Å²) in [6, 6.07) is 5.52. The summed E-state index contributed by atoms with van der Waals surface area (Å²) in [6.45, 7) is 12.7.